The van der Waals surface area contributed by atoms with Gasteiger partial charge in [-0.25, -0.2) is 4.98 Å². The van der Waals surface area contributed by atoms with Gasteiger partial charge in [-0.15, -0.1) is 0 Å². The number of carbonyl (C=O) groups is 1. The third-order valence-electron chi connectivity index (χ3n) is 4.82. The molecule has 3 aromatic rings. The molecule has 1 aliphatic carbocycles. The van der Waals surface area contributed by atoms with Gasteiger partial charge < -0.3 is 10.3 Å². The maximum Gasteiger partial charge on any atom is 0.449 e. The van der Waals surface area contributed by atoms with Crippen molar-refractivity contribution in [3.63, 3.8) is 0 Å². The van der Waals surface area contributed by atoms with Crippen molar-refractivity contribution in [2.24, 2.45) is 0 Å². The highest BCUT2D eigenvalue weighted by Crippen LogP contribution is 2.28. The molecule has 1 aromatic carbocycles. The van der Waals surface area contributed by atoms with Gasteiger partial charge in [0.25, 0.3) is 5.91 Å². The Morgan fingerprint density at radius 1 is 1.19 bits per heavy atom. The maximum atomic E-state index is 12.7. The Labute approximate surface area is 152 Å². The first-order valence-electron chi connectivity index (χ1n) is 8.82. The summed E-state index contributed by atoms with van der Waals surface area (Å²) in [5.41, 5.74) is 3.73. The van der Waals surface area contributed by atoms with Crippen LogP contribution in [0.15, 0.2) is 18.2 Å². The van der Waals surface area contributed by atoms with E-state index in [0.29, 0.717) is 0 Å². The van der Waals surface area contributed by atoms with E-state index in [-0.39, 0.29) is 29.0 Å². The second-order valence-corrected chi connectivity index (χ2v) is 6.69. The smallest absolute Gasteiger partial charge is 0.346 e. The van der Waals surface area contributed by atoms with Crippen LogP contribution in [0.1, 0.15) is 52.4 Å². The standard InChI is InChI=1S/C18H18F3N5O/c19-18(20,21)17-23-13-7-6-10(8-14(13)24-17)16(27)22-9-15-11-4-2-1-3-5-12(11)25-26-15/h6-8H,1-5,9H2,(H,22,27)(H,23,24)(H,25,26). The van der Waals surface area contributed by atoms with Crippen LogP contribution in [0.5, 0.6) is 0 Å². The summed E-state index contributed by atoms with van der Waals surface area (Å²) in [4.78, 5) is 18.1. The van der Waals surface area contributed by atoms with Gasteiger partial charge in [-0.1, -0.05) is 6.42 Å². The minimum Gasteiger partial charge on any atom is -0.346 e. The number of amides is 1. The van der Waals surface area contributed by atoms with Gasteiger partial charge in [-0.05, 0) is 49.4 Å². The van der Waals surface area contributed by atoms with Crippen LogP contribution in [-0.4, -0.2) is 26.1 Å². The number of hydrogen-bond donors (Lipinski definition) is 3. The van der Waals surface area contributed by atoms with E-state index in [1.165, 1.54) is 30.2 Å². The van der Waals surface area contributed by atoms with Gasteiger partial charge in [0.2, 0.25) is 5.82 Å². The van der Waals surface area contributed by atoms with Crippen LogP contribution >= 0.6 is 0 Å². The van der Waals surface area contributed by atoms with E-state index in [4.69, 9.17) is 0 Å². The monoisotopic (exact) mass is 377 g/mol. The van der Waals surface area contributed by atoms with E-state index >= 15 is 0 Å². The number of rotatable bonds is 3. The lowest BCUT2D eigenvalue weighted by molar-refractivity contribution is -0.144. The van der Waals surface area contributed by atoms with Gasteiger partial charge in [0.15, 0.2) is 0 Å². The molecule has 4 rings (SSSR count). The Bertz CT molecular complexity index is 989. The van der Waals surface area contributed by atoms with Gasteiger partial charge in [0.05, 0.1) is 23.3 Å². The number of alkyl halides is 3. The molecule has 27 heavy (non-hydrogen) atoms. The van der Waals surface area contributed by atoms with Crippen LogP contribution in [0.4, 0.5) is 13.2 Å². The number of carbonyl (C=O) groups excluding carboxylic acids is 1. The average Bonchev–Trinajstić information content (AvgIpc) is 3.16. The van der Waals surface area contributed by atoms with Gasteiger partial charge in [0, 0.05) is 11.3 Å². The molecule has 1 aliphatic rings. The van der Waals surface area contributed by atoms with Crippen molar-refractivity contribution in [1.29, 1.82) is 0 Å². The SMILES string of the molecule is O=C(NCc1n[nH]c2c1CCCCC2)c1ccc2nc(C(F)(F)F)[nH]c2c1. The summed E-state index contributed by atoms with van der Waals surface area (Å²) in [5.74, 6) is -1.44. The topological polar surface area (TPSA) is 86.5 Å². The third-order valence-corrected chi connectivity index (χ3v) is 4.82. The molecule has 2 aromatic heterocycles. The summed E-state index contributed by atoms with van der Waals surface area (Å²) in [6, 6.07) is 4.23. The number of fused-ring (bicyclic) bond motifs is 2. The molecule has 1 amide bonds. The predicted molar refractivity (Wildman–Crippen MR) is 92.1 cm³/mol. The summed E-state index contributed by atoms with van der Waals surface area (Å²) in [7, 11) is 0. The first-order valence-corrected chi connectivity index (χ1v) is 8.82. The highest BCUT2D eigenvalue weighted by Gasteiger charge is 2.34. The van der Waals surface area contributed by atoms with Crippen molar-refractivity contribution >= 4 is 16.9 Å². The summed E-state index contributed by atoms with van der Waals surface area (Å²) in [5, 5.41) is 10.1. The van der Waals surface area contributed by atoms with Crippen molar-refractivity contribution in [1.82, 2.24) is 25.5 Å². The number of nitrogens with one attached hydrogen (secondary N) is 3. The molecule has 0 saturated heterocycles. The zero-order valence-corrected chi connectivity index (χ0v) is 14.4. The molecular weight excluding hydrogens is 359 g/mol. The lowest BCUT2D eigenvalue weighted by Gasteiger charge is -2.06. The van der Waals surface area contributed by atoms with E-state index in [9.17, 15) is 18.0 Å². The van der Waals surface area contributed by atoms with Crippen LogP contribution in [0, 0.1) is 0 Å². The molecule has 3 N–H and O–H groups in total. The highest BCUT2D eigenvalue weighted by atomic mass is 19.4. The van der Waals surface area contributed by atoms with Crippen LogP contribution in [0.25, 0.3) is 11.0 Å². The fourth-order valence-corrected chi connectivity index (χ4v) is 3.42. The van der Waals surface area contributed by atoms with E-state index in [2.05, 4.69) is 25.5 Å². The van der Waals surface area contributed by atoms with Gasteiger partial charge in [-0.3, -0.25) is 9.89 Å². The molecule has 0 saturated carbocycles. The van der Waals surface area contributed by atoms with Crippen molar-refractivity contribution in [2.45, 2.75) is 44.8 Å². The molecule has 142 valence electrons. The molecule has 0 bridgehead atoms. The molecule has 0 unspecified atom stereocenters. The van der Waals surface area contributed by atoms with E-state index in [1.807, 2.05) is 0 Å². The molecule has 0 atom stereocenters. The molecule has 0 fully saturated rings. The van der Waals surface area contributed by atoms with Crippen molar-refractivity contribution < 1.29 is 18.0 Å². The number of H-pyrrole nitrogens is 2. The largest absolute Gasteiger partial charge is 0.449 e. The van der Waals surface area contributed by atoms with Gasteiger partial charge in [-0.2, -0.15) is 18.3 Å². The summed E-state index contributed by atoms with van der Waals surface area (Å²) in [6.07, 6.45) is 0.764. The van der Waals surface area contributed by atoms with E-state index in [0.717, 1.165) is 37.1 Å². The van der Waals surface area contributed by atoms with Gasteiger partial charge >= 0.3 is 6.18 Å². The summed E-state index contributed by atoms with van der Waals surface area (Å²) in [6.45, 7) is 0.277. The minimum absolute atomic E-state index is 0.163. The lowest BCUT2D eigenvalue weighted by Crippen LogP contribution is -2.23. The van der Waals surface area contributed by atoms with Crippen LogP contribution in [0.3, 0.4) is 0 Å². The number of imidazole rings is 1. The van der Waals surface area contributed by atoms with Crippen molar-refractivity contribution in [3.05, 3.63) is 46.5 Å². The number of nitrogens with zero attached hydrogens (tertiary/aromatic N) is 2. The summed E-state index contributed by atoms with van der Waals surface area (Å²) < 4.78 is 38.2. The number of aromatic nitrogens is 4. The van der Waals surface area contributed by atoms with Crippen molar-refractivity contribution in [2.75, 3.05) is 0 Å². The molecule has 0 aliphatic heterocycles. The molecule has 0 spiro atoms. The first-order chi connectivity index (χ1) is 12.9. The number of aromatic amines is 2. The third kappa shape index (κ3) is 3.54. The number of halogens is 3. The zero-order chi connectivity index (χ0) is 19.0. The Hall–Kier alpha value is -2.84. The number of hydrogen-bond acceptors (Lipinski definition) is 3. The Kier molecular flexibility index (Phi) is 4.37. The highest BCUT2D eigenvalue weighted by molar-refractivity contribution is 5.97. The minimum atomic E-state index is -4.56. The Balaban J connectivity index is 1.49. The lowest BCUT2D eigenvalue weighted by atomic mass is 10.1. The number of benzene rings is 1. The average molecular weight is 377 g/mol. The maximum absolute atomic E-state index is 12.7. The van der Waals surface area contributed by atoms with Gasteiger partial charge in [0.1, 0.15) is 0 Å². The second kappa shape index (κ2) is 6.71. The summed E-state index contributed by atoms with van der Waals surface area (Å²) >= 11 is 0. The zero-order valence-electron chi connectivity index (χ0n) is 14.4. The molecular formula is C18H18F3N5O. The number of aryl methyl sites for hydroxylation is 1. The fraction of sp³-hybridized carbons (Fsp3) is 0.389. The second-order valence-electron chi connectivity index (χ2n) is 6.69. The quantitative estimate of drug-likeness (QED) is 0.611. The predicted octanol–water partition coefficient (Wildman–Crippen LogP) is 3.50. The van der Waals surface area contributed by atoms with Crippen LogP contribution in [-0.2, 0) is 25.6 Å². The molecule has 0 radical (unpaired) electrons. The van der Waals surface area contributed by atoms with Crippen molar-refractivity contribution in [3.8, 4) is 0 Å². The fourth-order valence-electron chi connectivity index (χ4n) is 3.42. The molecule has 2 heterocycles. The Morgan fingerprint density at radius 2 is 2.00 bits per heavy atom. The van der Waals surface area contributed by atoms with Crippen LogP contribution < -0.4 is 5.32 Å². The first kappa shape index (κ1) is 17.6. The van der Waals surface area contributed by atoms with Crippen LogP contribution in [0.2, 0.25) is 0 Å². The van der Waals surface area contributed by atoms with E-state index < -0.39 is 12.0 Å². The van der Waals surface area contributed by atoms with E-state index in [1.54, 1.807) is 0 Å². The Morgan fingerprint density at radius 3 is 2.81 bits per heavy atom. The molecule has 9 heteroatoms. The normalized spacial score (nSPS) is 14.8. The molecule has 6 nitrogen and oxygen atoms in total.